The van der Waals surface area contributed by atoms with Crippen molar-refractivity contribution in [2.45, 2.75) is 13.2 Å². The highest BCUT2D eigenvalue weighted by Crippen LogP contribution is 1.84. The van der Waals surface area contributed by atoms with Crippen molar-refractivity contribution in [3.05, 3.63) is 10.1 Å². The number of hydrogen-bond acceptors (Lipinski definition) is 4. The molecule has 1 atom stereocenters. The van der Waals surface area contributed by atoms with E-state index >= 15 is 0 Å². The van der Waals surface area contributed by atoms with Crippen LogP contribution in [0.3, 0.4) is 0 Å². The van der Waals surface area contributed by atoms with Gasteiger partial charge in [0.25, 0.3) is 5.09 Å². The lowest BCUT2D eigenvalue weighted by molar-refractivity contribution is -0.768. The molecule has 10 heavy (non-hydrogen) atoms. The molecule has 0 saturated carbocycles. The summed E-state index contributed by atoms with van der Waals surface area (Å²) in [4.78, 5) is 23.1. The van der Waals surface area contributed by atoms with E-state index in [0.717, 1.165) is 0 Å². The molecule has 0 aromatic rings. The third-order valence-electron chi connectivity index (χ3n) is 0.571. The van der Waals surface area contributed by atoms with Gasteiger partial charge in [-0.1, -0.05) is 0 Å². The lowest BCUT2D eigenvalue weighted by atomic mass is 10.7. The largest absolute Gasteiger partial charge is 0.465 e. The Labute approximate surface area is 55.7 Å². The number of nitrogens with one attached hydrogen (secondary N) is 1. The number of nitrogens with zero attached hydrogens (tertiary/aromatic N) is 1. The van der Waals surface area contributed by atoms with E-state index in [9.17, 15) is 14.9 Å². The summed E-state index contributed by atoms with van der Waals surface area (Å²) in [5.74, 6) is 0. The molecule has 58 valence electrons. The minimum absolute atomic E-state index is 1.07. The van der Waals surface area contributed by atoms with Gasteiger partial charge in [0.15, 0.2) is 6.23 Å². The van der Waals surface area contributed by atoms with Gasteiger partial charge in [0.1, 0.15) is 0 Å². The molecule has 0 rings (SSSR count). The van der Waals surface area contributed by atoms with Gasteiger partial charge >= 0.3 is 6.09 Å². The maximum absolute atomic E-state index is 9.78. The summed E-state index contributed by atoms with van der Waals surface area (Å²) in [6.07, 6.45) is -2.50. The lowest BCUT2D eigenvalue weighted by Crippen LogP contribution is -2.34. The second-order valence-corrected chi connectivity index (χ2v) is 1.42. The molecule has 0 bridgehead atoms. The zero-order chi connectivity index (χ0) is 8.15. The topological polar surface area (TPSA) is 102 Å². The Morgan fingerprint density at radius 3 is 2.70 bits per heavy atom. The molecule has 1 amide bonds. The summed E-state index contributed by atoms with van der Waals surface area (Å²) in [5.41, 5.74) is 0. The first-order chi connectivity index (χ1) is 4.52. The van der Waals surface area contributed by atoms with E-state index in [2.05, 4.69) is 4.84 Å². The Morgan fingerprint density at radius 1 is 1.90 bits per heavy atom. The van der Waals surface area contributed by atoms with Gasteiger partial charge in [0.2, 0.25) is 0 Å². The molecule has 1 unspecified atom stereocenters. The monoisotopic (exact) mass is 150 g/mol. The Bertz CT molecular complexity index is 130. The SMILES string of the molecule is CC(NC(=O)O)O[N+](=O)[O-]. The van der Waals surface area contributed by atoms with Crippen molar-refractivity contribution in [2.75, 3.05) is 0 Å². The molecule has 0 aromatic carbocycles. The molecule has 0 spiro atoms. The number of amides is 1. The normalized spacial score (nSPS) is 11.7. The number of carboxylic acid groups (broad SMARTS) is 1. The predicted octanol–water partition coefficient (Wildman–Crippen LogP) is -0.192. The van der Waals surface area contributed by atoms with E-state index < -0.39 is 17.4 Å². The average molecular weight is 150 g/mol. The van der Waals surface area contributed by atoms with Gasteiger partial charge in [-0.15, -0.1) is 10.1 Å². The predicted molar refractivity (Wildman–Crippen MR) is 28.7 cm³/mol. The number of carbonyl (C=O) groups is 1. The first-order valence-electron chi connectivity index (χ1n) is 2.33. The second kappa shape index (κ2) is 3.49. The molecule has 7 nitrogen and oxygen atoms in total. The van der Waals surface area contributed by atoms with Crippen molar-refractivity contribution in [3.63, 3.8) is 0 Å². The van der Waals surface area contributed by atoms with Gasteiger partial charge in [-0.3, -0.25) is 10.2 Å². The summed E-state index contributed by atoms with van der Waals surface area (Å²) < 4.78 is 0. The summed E-state index contributed by atoms with van der Waals surface area (Å²) in [5, 5.41) is 18.2. The molecule has 0 saturated heterocycles. The Balaban J connectivity index is 3.53. The van der Waals surface area contributed by atoms with Gasteiger partial charge < -0.3 is 5.11 Å². The van der Waals surface area contributed by atoms with E-state index in [-0.39, 0.29) is 0 Å². The minimum atomic E-state index is -1.37. The molecule has 0 radical (unpaired) electrons. The summed E-state index contributed by atoms with van der Waals surface area (Å²) in [6, 6.07) is 0. The first kappa shape index (κ1) is 8.47. The summed E-state index contributed by atoms with van der Waals surface area (Å²) >= 11 is 0. The quantitative estimate of drug-likeness (QED) is 0.329. The van der Waals surface area contributed by atoms with Crippen LogP contribution in [0.4, 0.5) is 4.79 Å². The third kappa shape index (κ3) is 4.62. The van der Waals surface area contributed by atoms with Crippen molar-refractivity contribution in [1.29, 1.82) is 0 Å². The molecule has 0 aliphatic rings. The Hall–Kier alpha value is -1.53. The van der Waals surface area contributed by atoms with Crippen LogP contribution in [0.5, 0.6) is 0 Å². The molecule has 0 aliphatic heterocycles. The van der Waals surface area contributed by atoms with E-state index in [1.807, 2.05) is 0 Å². The zero-order valence-corrected chi connectivity index (χ0v) is 5.10. The Morgan fingerprint density at radius 2 is 2.40 bits per heavy atom. The molecule has 0 fully saturated rings. The van der Waals surface area contributed by atoms with Gasteiger partial charge in [-0.05, 0) is 6.92 Å². The molecule has 0 aromatic heterocycles. The molecular weight excluding hydrogens is 144 g/mol. The summed E-state index contributed by atoms with van der Waals surface area (Å²) in [6.45, 7) is 1.21. The van der Waals surface area contributed by atoms with Crippen LogP contribution >= 0.6 is 0 Å². The molecular formula is C3H6N2O5. The van der Waals surface area contributed by atoms with Crippen molar-refractivity contribution < 1.29 is 19.8 Å². The maximum Gasteiger partial charge on any atom is 0.406 e. The number of rotatable bonds is 3. The van der Waals surface area contributed by atoms with Crippen LogP contribution in [0, 0.1) is 10.1 Å². The van der Waals surface area contributed by atoms with Gasteiger partial charge in [-0.2, -0.15) is 0 Å². The molecule has 0 heterocycles. The van der Waals surface area contributed by atoms with E-state index in [0.29, 0.717) is 0 Å². The van der Waals surface area contributed by atoms with Crippen LogP contribution in [0.1, 0.15) is 6.92 Å². The second-order valence-electron chi connectivity index (χ2n) is 1.42. The van der Waals surface area contributed by atoms with Crippen LogP contribution < -0.4 is 5.32 Å². The fraction of sp³-hybridized carbons (Fsp3) is 0.667. The highest BCUT2D eigenvalue weighted by molar-refractivity contribution is 5.64. The van der Waals surface area contributed by atoms with Crippen LogP contribution in [-0.4, -0.2) is 22.5 Å². The zero-order valence-electron chi connectivity index (χ0n) is 5.10. The van der Waals surface area contributed by atoms with Gasteiger partial charge in [0, 0.05) is 0 Å². The first-order valence-corrected chi connectivity index (χ1v) is 2.33. The van der Waals surface area contributed by atoms with E-state index in [1.165, 1.54) is 6.92 Å². The third-order valence-corrected chi connectivity index (χ3v) is 0.571. The van der Waals surface area contributed by atoms with E-state index in [4.69, 9.17) is 5.11 Å². The van der Waals surface area contributed by atoms with Crippen molar-refractivity contribution in [1.82, 2.24) is 5.32 Å². The minimum Gasteiger partial charge on any atom is -0.465 e. The fourth-order valence-electron chi connectivity index (χ4n) is 0.329. The Kier molecular flexibility index (Phi) is 2.95. The smallest absolute Gasteiger partial charge is 0.406 e. The van der Waals surface area contributed by atoms with Crippen LogP contribution in [-0.2, 0) is 4.84 Å². The maximum atomic E-state index is 9.78. The van der Waals surface area contributed by atoms with E-state index in [1.54, 1.807) is 5.32 Å². The van der Waals surface area contributed by atoms with Crippen LogP contribution in [0.25, 0.3) is 0 Å². The highest BCUT2D eigenvalue weighted by Gasteiger charge is 2.07. The number of hydrogen-bond donors (Lipinski definition) is 2. The van der Waals surface area contributed by atoms with Gasteiger partial charge in [0.05, 0.1) is 0 Å². The molecule has 7 heteroatoms. The van der Waals surface area contributed by atoms with Crippen LogP contribution in [0.2, 0.25) is 0 Å². The van der Waals surface area contributed by atoms with Crippen molar-refractivity contribution >= 4 is 6.09 Å². The van der Waals surface area contributed by atoms with Gasteiger partial charge in [-0.25, -0.2) is 4.79 Å². The highest BCUT2D eigenvalue weighted by atomic mass is 17.0. The fourth-order valence-corrected chi connectivity index (χ4v) is 0.329. The molecule has 0 aliphatic carbocycles. The van der Waals surface area contributed by atoms with Crippen molar-refractivity contribution in [3.8, 4) is 0 Å². The van der Waals surface area contributed by atoms with Crippen LogP contribution in [0.15, 0.2) is 0 Å². The standard InChI is InChI=1S/C3H6N2O5/c1-2(4-3(6)7)10-5(8)9/h2,4H,1H3,(H,6,7). The summed E-state index contributed by atoms with van der Waals surface area (Å²) in [7, 11) is 0. The molecule has 2 N–H and O–H groups in total. The average Bonchev–Trinajstić information content (AvgIpc) is 1.58. The van der Waals surface area contributed by atoms with Crippen molar-refractivity contribution in [2.24, 2.45) is 0 Å². The lowest BCUT2D eigenvalue weighted by Gasteiger charge is -2.06.